The predicted molar refractivity (Wildman–Crippen MR) is 90.6 cm³/mol. The van der Waals surface area contributed by atoms with Crippen LogP contribution >= 0.6 is 11.8 Å². The number of nitrogens with zero attached hydrogens (tertiary/aromatic N) is 1. The van der Waals surface area contributed by atoms with Gasteiger partial charge in [-0.05, 0) is 35.5 Å². The Morgan fingerprint density at radius 3 is 2.48 bits per heavy atom. The lowest BCUT2D eigenvalue weighted by atomic mass is 10.1. The van der Waals surface area contributed by atoms with Gasteiger partial charge in [-0.2, -0.15) is 0 Å². The second kappa shape index (κ2) is 5.40. The number of para-hydroxylation sites is 2. The van der Waals surface area contributed by atoms with Gasteiger partial charge in [0.15, 0.2) is 0 Å². The van der Waals surface area contributed by atoms with E-state index in [4.69, 9.17) is 0 Å². The molecular formula is C17H11N3O2S. The zero-order valence-corrected chi connectivity index (χ0v) is 12.7. The molecule has 1 aliphatic rings. The van der Waals surface area contributed by atoms with Crippen molar-refractivity contribution in [3.05, 3.63) is 59.0 Å². The number of aromatic nitrogens is 2. The van der Waals surface area contributed by atoms with Crippen LogP contribution in [0, 0.1) is 0 Å². The molecule has 2 aromatic carbocycles. The third-order valence-electron chi connectivity index (χ3n) is 3.51. The number of amides is 2. The molecule has 1 fully saturated rings. The molecular weight excluding hydrogens is 310 g/mol. The molecule has 0 unspecified atom stereocenters. The number of imide groups is 1. The summed E-state index contributed by atoms with van der Waals surface area (Å²) in [5.74, 6) is 0.454. The molecule has 1 aromatic heterocycles. The zero-order valence-electron chi connectivity index (χ0n) is 11.9. The second-order valence-electron chi connectivity index (χ2n) is 5.08. The van der Waals surface area contributed by atoms with Gasteiger partial charge in [-0.1, -0.05) is 36.4 Å². The average molecular weight is 321 g/mol. The van der Waals surface area contributed by atoms with Gasteiger partial charge in [0, 0.05) is 5.56 Å². The van der Waals surface area contributed by atoms with Crippen LogP contribution in [0.3, 0.4) is 0 Å². The summed E-state index contributed by atoms with van der Waals surface area (Å²) in [6.07, 6.45) is 1.70. The van der Waals surface area contributed by atoms with Crippen molar-refractivity contribution in [1.29, 1.82) is 0 Å². The fourth-order valence-corrected chi connectivity index (χ4v) is 3.08. The van der Waals surface area contributed by atoms with Crippen LogP contribution < -0.4 is 5.32 Å². The first-order chi connectivity index (χ1) is 11.2. The molecule has 0 spiro atoms. The van der Waals surface area contributed by atoms with E-state index in [0.717, 1.165) is 39.7 Å². The lowest BCUT2D eigenvalue weighted by Gasteiger charge is -1.99. The molecule has 3 aromatic rings. The number of carbonyl (C=O) groups excluding carboxylic acids is 2. The van der Waals surface area contributed by atoms with Crippen LogP contribution in [0.15, 0.2) is 53.4 Å². The highest BCUT2D eigenvalue weighted by atomic mass is 32.2. The van der Waals surface area contributed by atoms with Gasteiger partial charge >= 0.3 is 0 Å². The topological polar surface area (TPSA) is 74.8 Å². The second-order valence-corrected chi connectivity index (χ2v) is 6.09. The maximum atomic E-state index is 11.5. The van der Waals surface area contributed by atoms with E-state index in [1.54, 1.807) is 6.08 Å². The maximum absolute atomic E-state index is 11.5. The highest BCUT2D eigenvalue weighted by Gasteiger charge is 2.24. The number of H-pyrrole nitrogens is 1. The van der Waals surface area contributed by atoms with Gasteiger partial charge < -0.3 is 4.98 Å². The van der Waals surface area contributed by atoms with E-state index in [1.165, 1.54) is 0 Å². The number of rotatable bonds is 2. The Kier molecular flexibility index (Phi) is 3.24. The molecule has 1 saturated heterocycles. The molecule has 0 radical (unpaired) electrons. The Morgan fingerprint density at radius 1 is 1.00 bits per heavy atom. The summed E-state index contributed by atoms with van der Waals surface area (Å²) < 4.78 is 0. The number of nitrogens with one attached hydrogen (secondary N) is 2. The van der Waals surface area contributed by atoms with Crippen LogP contribution in [-0.2, 0) is 4.79 Å². The Hall–Kier alpha value is -2.86. The molecule has 5 nitrogen and oxygen atoms in total. The minimum absolute atomic E-state index is 0.333. The number of thioether (sulfide) groups is 1. The summed E-state index contributed by atoms with van der Waals surface area (Å²) in [5, 5.41) is 1.91. The van der Waals surface area contributed by atoms with Crippen LogP contribution in [0.4, 0.5) is 4.79 Å². The summed E-state index contributed by atoms with van der Waals surface area (Å²) in [5.41, 5.74) is 3.73. The molecule has 2 heterocycles. The molecule has 0 bridgehead atoms. The van der Waals surface area contributed by atoms with E-state index in [9.17, 15) is 9.59 Å². The van der Waals surface area contributed by atoms with Gasteiger partial charge in [0.2, 0.25) is 0 Å². The van der Waals surface area contributed by atoms with Crippen molar-refractivity contribution in [2.75, 3.05) is 0 Å². The van der Waals surface area contributed by atoms with Crippen LogP contribution in [0.5, 0.6) is 0 Å². The molecule has 0 saturated carbocycles. The average Bonchev–Trinajstić information content (AvgIpc) is 3.11. The van der Waals surface area contributed by atoms with E-state index in [0.29, 0.717) is 4.91 Å². The van der Waals surface area contributed by atoms with E-state index < -0.39 is 0 Å². The highest BCUT2D eigenvalue weighted by molar-refractivity contribution is 8.18. The Morgan fingerprint density at radius 2 is 1.78 bits per heavy atom. The summed E-state index contributed by atoms with van der Waals surface area (Å²) >= 11 is 0.915. The van der Waals surface area contributed by atoms with Crippen LogP contribution in [0.2, 0.25) is 0 Å². The number of imidazole rings is 1. The van der Waals surface area contributed by atoms with Gasteiger partial charge in [-0.25, -0.2) is 4.98 Å². The van der Waals surface area contributed by atoms with Gasteiger partial charge in [0.25, 0.3) is 11.1 Å². The first-order valence-electron chi connectivity index (χ1n) is 6.99. The SMILES string of the molecule is O=C1NC(=O)C(=Cc2ccc(-c3nc4ccccc4[nH]3)cc2)S1. The lowest BCUT2D eigenvalue weighted by Crippen LogP contribution is -2.17. The van der Waals surface area contributed by atoms with Crippen molar-refractivity contribution < 1.29 is 9.59 Å². The van der Waals surface area contributed by atoms with Crippen LogP contribution in [0.1, 0.15) is 5.56 Å². The molecule has 1 aliphatic heterocycles. The first kappa shape index (κ1) is 13.8. The highest BCUT2D eigenvalue weighted by Crippen LogP contribution is 2.26. The monoisotopic (exact) mass is 321 g/mol. The van der Waals surface area contributed by atoms with Crippen molar-refractivity contribution in [1.82, 2.24) is 15.3 Å². The van der Waals surface area contributed by atoms with Gasteiger partial charge in [0.05, 0.1) is 15.9 Å². The van der Waals surface area contributed by atoms with Crippen molar-refractivity contribution in [2.24, 2.45) is 0 Å². The minimum Gasteiger partial charge on any atom is -0.338 e. The summed E-state index contributed by atoms with van der Waals surface area (Å²) in [6.45, 7) is 0. The molecule has 2 N–H and O–H groups in total. The fraction of sp³-hybridized carbons (Fsp3) is 0. The van der Waals surface area contributed by atoms with E-state index in [-0.39, 0.29) is 11.1 Å². The van der Waals surface area contributed by atoms with Crippen molar-refractivity contribution in [3.63, 3.8) is 0 Å². The van der Waals surface area contributed by atoms with Gasteiger partial charge in [0.1, 0.15) is 5.82 Å². The number of benzene rings is 2. The van der Waals surface area contributed by atoms with Gasteiger partial charge in [-0.3, -0.25) is 14.9 Å². The van der Waals surface area contributed by atoms with Crippen molar-refractivity contribution in [2.45, 2.75) is 0 Å². The number of hydrogen-bond acceptors (Lipinski definition) is 4. The number of fused-ring (bicyclic) bond motifs is 1. The third-order valence-corrected chi connectivity index (χ3v) is 4.32. The standard InChI is InChI=1S/C17H11N3O2S/c21-16-14(23-17(22)20-16)9-10-5-7-11(8-6-10)15-18-12-3-1-2-4-13(12)19-15/h1-9H,(H,18,19)(H,20,21,22). The first-order valence-corrected chi connectivity index (χ1v) is 7.81. The molecule has 112 valence electrons. The molecule has 0 aliphatic carbocycles. The van der Waals surface area contributed by atoms with E-state index >= 15 is 0 Å². The smallest absolute Gasteiger partial charge is 0.290 e. The zero-order chi connectivity index (χ0) is 15.8. The lowest BCUT2D eigenvalue weighted by molar-refractivity contribution is -0.115. The van der Waals surface area contributed by atoms with Crippen molar-refractivity contribution in [3.8, 4) is 11.4 Å². The normalized spacial score (nSPS) is 16.3. The maximum Gasteiger partial charge on any atom is 0.290 e. The molecule has 6 heteroatoms. The number of hydrogen-bond donors (Lipinski definition) is 2. The molecule has 4 rings (SSSR count). The van der Waals surface area contributed by atoms with Gasteiger partial charge in [-0.15, -0.1) is 0 Å². The molecule has 0 atom stereocenters. The quantitative estimate of drug-likeness (QED) is 0.708. The third kappa shape index (κ3) is 2.64. The van der Waals surface area contributed by atoms with E-state index in [1.807, 2.05) is 48.5 Å². The van der Waals surface area contributed by atoms with E-state index in [2.05, 4.69) is 15.3 Å². The molecule has 2 amide bonds. The Bertz CT molecular complexity index is 924. The van der Waals surface area contributed by atoms with Crippen LogP contribution in [-0.4, -0.2) is 21.1 Å². The number of aromatic amines is 1. The summed E-state index contributed by atoms with van der Waals surface area (Å²) in [7, 11) is 0. The van der Waals surface area contributed by atoms with Crippen LogP contribution in [0.25, 0.3) is 28.5 Å². The minimum atomic E-state index is -0.346. The summed E-state index contributed by atoms with van der Waals surface area (Å²) in [4.78, 5) is 30.9. The summed E-state index contributed by atoms with van der Waals surface area (Å²) in [6, 6.07) is 15.5. The Balaban J connectivity index is 1.64. The Labute approximate surface area is 135 Å². The largest absolute Gasteiger partial charge is 0.338 e. The fourth-order valence-electron chi connectivity index (χ4n) is 2.40. The molecule has 23 heavy (non-hydrogen) atoms. The van der Waals surface area contributed by atoms with Crippen molar-refractivity contribution >= 4 is 40.0 Å². The predicted octanol–water partition coefficient (Wildman–Crippen LogP) is 3.55. The number of carbonyl (C=O) groups is 2.